The van der Waals surface area contributed by atoms with Crippen molar-refractivity contribution in [2.75, 3.05) is 0 Å². The number of benzene rings is 3. The summed E-state index contributed by atoms with van der Waals surface area (Å²) in [6, 6.07) is 31.3. The minimum atomic E-state index is -4.69. The van der Waals surface area contributed by atoms with Gasteiger partial charge in [-0.05, 0) is 16.7 Å². The first-order chi connectivity index (χ1) is 13.9. The van der Waals surface area contributed by atoms with E-state index in [1.807, 2.05) is 24.5 Å². The van der Waals surface area contributed by atoms with Gasteiger partial charge in [-0.15, -0.1) is 0 Å². The van der Waals surface area contributed by atoms with Gasteiger partial charge in [-0.1, -0.05) is 91.0 Å². The van der Waals surface area contributed by atoms with Crippen LogP contribution in [0.1, 0.15) is 16.7 Å². The molecular formula is C22H17ClO5S. The SMILES string of the molecule is C1=C(c2ccccc2)C(c2ccccc2)=C(c2ccccc2)SO1.[O-][Cl+3]([O-])([O-])O. The summed E-state index contributed by atoms with van der Waals surface area (Å²) in [7, 11) is -4.69. The van der Waals surface area contributed by atoms with Crippen LogP contribution < -0.4 is 14.0 Å². The van der Waals surface area contributed by atoms with Gasteiger partial charge in [-0.2, -0.15) is 14.0 Å². The Morgan fingerprint density at radius 3 is 1.55 bits per heavy atom. The molecule has 0 atom stereocenters. The van der Waals surface area contributed by atoms with Gasteiger partial charge in [0.25, 0.3) is 0 Å². The highest BCUT2D eigenvalue weighted by atomic mass is 35.7. The van der Waals surface area contributed by atoms with Gasteiger partial charge in [-0.3, -0.25) is 0 Å². The molecule has 3 aromatic rings. The van der Waals surface area contributed by atoms with Crippen LogP contribution in [0.2, 0.25) is 0 Å². The second kappa shape index (κ2) is 9.76. The highest BCUT2D eigenvalue weighted by molar-refractivity contribution is 8.04. The molecule has 1 aliphatic heterocycles. The van der Waals surface area contributed by atoms with Crippen LogP contribution in [-0.4, -0.2) is 4.66 Å². The smallest absolute Gasteiger partial charge is 0.110 e. The topological polar surface area (TPSA) is 98.6 Å². The first kappa shape index (κ1) is 21.1. The highest BCUT2D eigenvalue weighted by Crippen LogP contribution is 2.46. The van der Waals surface area contributed by atoms with E-state index in [1.54, 1.807) is 0 Å². The monoisotopic (exact) mass is 428 g/mol. The van der Waals surface area contributed by atoms with Crippen molar-refractivity contribution in [2.45, 2.75) is 0 Å². The minimum absolute atomic E-state index is 1.11. The van der Waals surface area contributed by atoms with E-state index in [0.717, 1.165) is 16.0 Å². The molecule has 7 heteroatoms. The molecule has 3 aromatic carbocycles. The second-order valence-electron chi connectivity index (χ2n) is 5.91. The van der Waals surface area contributed by atoms with Crippen LogP contribution in [0.25, 0.3) is 16.1 Å². The van der Waals surface area contributed by atoms with Crippen molar-refractivity contribution in [1.29, 1.82) is 0 Å². The van der Waals surface area contributed by atoms with Crippen LogP contribution in [0, 0.1) is 10.2 Å². The lowest BCUT2D eigenvalue weighted by Gasteiger charge is -2.22. The lowest BCUT2D eigenvalue weighted by atomic mass is 9.91. The Bertz CT molecular complexity index is 978. The minimum Gasteiger partial charge on any atom is -0.428 e. The fourth-order valence-electron chi connectivity index (χ4n) is 2.85. The molecule has 0 bridgehead atoms. The molecule has 148 valence electrons. The van der Waals surface area contributed by atoms with Gasteiger partial charge < -0.3 is 4.18 Å². The van der Waals surface area contributed by atoms with Crippen molar-refractivity contribution in [3.63, 3.8) is 0 Å². The van der Waals surface area contributed by atoms with Crippen LogP contribution in [0.5, 0.6) is 0 Å². The van der Waals surface area contributed by atoms with Gasteiger partial charge in [0.15, 0.2) is 0 Å². The molecule has 1 N–H and O–H groups in total. The van der Waals surface area contributed by atoms with E-state index in [2.05, 4.69) is 72.8 Å². The molecule has 0 saturated carbocycles. The summed E-state index contributed by atoms with van der Waals surface area (Å²) in [4.78, 5) is 1.14. The number of hydrogen-bond donors (Lipinski definition) is 1. The summed E-state index contributed by atoms with van der Waals surface area (Å²) in [5, 5.41) is 0. The van der Waals surface area contributed by atoms with Crippen LogP contribution in [-0.2, 0) is 4.18 Å². The van der Waals surface area contributed by atoms with Crippen molar-refractivity contribution in [3.05, 3.63) is 114 Å². The fourth-order valence-corrected chi connectivity index (χ4v) is 3.63. The Labute approximate surface area is 175 Å². The van der Waals surface area contributed by atoms with Crippen molar-refractivity contribution >= 4 is 28.1 Å². The van der Waals surface area contributed by atoms with Crippen molar-refractivity contribution in [1.82, 2.24) is 0 Å². The van der Waals surface area contributed by atoms with Crippen molar-refractivity contribution in [3.8, 4) is 0 Å². The molecule has 5 nitrogen and oxygen atoms in total. The Kier molecular flexibility index (Phi) is 7.11. The van der Waals surface area contributed by atoms with E-state index < -0.39 is 10.2 Å². The second-order valence-corrected chi connectivity index (χ2v) is 7.47. The van der Waals surface area contributed by atoms with Gasteiger partial charge in [0.1, 0.15) is 6.26 Å². The zero-order valence-corrected chi connectivity index (χ0v) is 16.7. The Morgan fingerprint density at radius 1 is 0.655 bits per heavy atom. The van der Waals surface area contributed by atoms with Crippen LogP contribution in [0.4, 0.5) is 0 Å². The summed E-state index contributed by atoms with van der Waals surface area (Å²) in [5.41, 5.74) is 5.85. The van der Waals surface area contributed by atoms with E-state index >= 15 is 0 Å². The third-order valence-corrected chi connectivity index (χ3v) is 4.78. The molecule has 1 aliphatic rings. The molecule has 0 radical (unpaired) electrons. The van der Waals surface area contributed by atoms with Gasteiger partial charge in [0, 0.05) is 11.1 Å². The quantitative estimate of drug-likeness (QED) is 0.642. The van der Waals surface area contributed by atoms with Crippen LogP contribution in [0.3, 0.4) is 0 Å². The van der Waals surface area contributed by atoms with Gasteiger partial charge >= 0.3 is 0 Å². The predicted octanol–water partition coefficient (Wildman–Crippen LogP) is 2.15. The molecule has 1 heterocycles. The van der Waals surface area contributed by atoms with E-state index in [1.165, 1.54) is 28.7 Å². The lowest BCUT2D eigenvalue weighted by molar-refractivity contribution is -1.92. The zero-order chi connectivity index (χ0) is 20.7. The van der Waals surface area contributed by atoms with Gasteiger partial charge in [0.05, 0.1) is 31.9 Å². The molecule has 0 amide bonds. The van der Waals surface area contributed by atoms with E-state index in [9.17, 15) is 0 Å². The average Bonchev–Trinajstić information content (AvgIpc) is 2.74. The molecule has 0 fully saturated rings. The predicted molar refractivity (Wildman–Crippen MR) is 105 cm³/mol. The maximum atomic E-state index is 8.60. The van der Waals surface area contributed by atoms with Crippen molar-refractivity contribution in [2.24, 2.45) is 0 Å². The van der Waals surface area contributed by atoms with Crippen LogP contribution >= 0.6 is 12.0 Å². The maximum absolute atomic E-state index is 8.60. The fraction of sp³-hybridized carbons (Fsp3) is 0. The summed E-state index contributed by atoms with van der Waals surface area (Å²) < 4.78 is 38.5. The number of rotatable bonds is 3. The largest absolute Gasteiger partial charge is 0.428 e. The highest BCUT2D eigenvalue weighted by Gasteiger charge is 2.22. The number of hydrogen-bond acceptors (Lipinski definition) is 6. The molecule has 4 rings (SSSR count). The van der Waals surface area contributed by atoms with Gasteiger partial charge in [0.2, 0.25) is 0 Å². The Morgan fingerprint density at radius 2 is 1.07 bits per heavy atom. The summed E-state index contributed by atoms with van der Waals surface area (Å²) >= 11 is 1.42. The summed E-state index contributed by atoms with van der Waals surface area (Å²) in [6.07, 6.45) is 1.86. The molecule has 0 unspecified atom stereocenters. The number of allylic oxidation sites excluding steroid dienone is 2. The third-order valence-electron chi connectivity index (χ3n) is 3.98. The zero-order valence-electron chi connectivity index (χ0n) is 15.1. The Hall–Kier alpha value is -2.58. The molecule has 0 saturated heterocycles. The van der Waals surface area contributed by atoms with Crippen molar-refractivity contribution < 1.29 is 33.1 Å². The molecule has 0 aromatic heterocycles. The van der Waals surface area contributed by atoms with E-state index in [-0.39, 0.29) is 0 Å². The lowest BCUT2D eigenvalue weighted by Crippen LogP contribution is -2.58. The first-order valence-electron chi connectivity index (χ1n) is 8.51. The van der Waals surface area contributed by atoms with Gasteiger partial charge in [-0.25, -0.2) is 0 Å². The average molecular weight is 429 g/mol. The summed E-state index contributed by atoms with van der Waals surface area (Å²) in [6.45, 7) is 0. The summed E-state index contributed by atoms with van der Waals surface area (Å²) in [5.74, 6) is 0. The Balaban J connectivity index is 0.000000431. The molecule has 0 aliphatic carbocycles. The number of halogens is 1. The van der Waals surface area contributed by atoms with E-state index in [4.69, 9.17) is 22.8 Å². The molecular weight excluding hydrogens is 412 g/mol. The normalized spacial score (nSPS) is 13.7. The van der Waals surface area contributed by atoms with Crippen LogP contribution in [0.15, 0.2) is 97.3 Å². The molecule has 29 heavy (non-hydrogen) atoms. The van der Waals surface area contributed by atoms with E-state index in [0.29, 0.717) is 0 Å². The first-order valence-corrected chi connectivity index (χ1v) is 10.5. The maximum Gasteiger partial charge on any atom is 0.110 e. The standard InChI is InChI=1S/C22H16OS.ClHO4/c1-4-10-17(11-5-1)20-16-23-24-22(19-14-8-3-9-15-19)21(20)18-12-6-2-7-13-18;2-1(3,4)5/h1-16H;(H,2,3,4,5). The molecule has 0 spiro atoms. The third kappa shape index (κ3) is 6.20.